The van der Waals surface area contributed by atoms with E-state index in [-0.39, 0.29) is 17.1 Å². The van der Waals surface area contributed by atoms with E-state index >= 15 is 0 Å². The molecule has 1 atom stereocenters. The lowest BCUT2D eigenvalue weighted by atomic mass is 9.88. The van der Waals surface area contributed by atoms with Crippen molar-refractivity contribution in [3.05, 3.63) is 63.9 Å². The lowest BCUT2D eigenvalue weighted by Crippen LogP contribution is -2.28. The summed E-state index contributed by atoms with van der Waals surface area (Å²) in [6.45, 7) is 2.08. The van der Waals surface area contributed by atoms with E-state index in [1.807, 2.05) is 0 Å². The number of pyridine rings is 1. The van der Waals surface area contributed by atoms with Crippen LogP contribution in [0.25, 0.3) is 0 Å². The van der Waals surface area contributed by atoms with Crippen molar-refractivity contribution in [2.24, 2.45) is 0 Å². The molecule has 3 rings (SSSR count). The maximum absolute atomic E-state index is 12.5. The highest BCUT2D eigenvalue weighted by atomic mass is 35.5. The van der Waals surface area contributed by atoms with Gasteiger partial charge in [0, 0.05) is 6.20 Å². The normalized spacial score (nSPS) is 14.9. The van der Waals surface area contributed by atoms with Crippen LogP contribution >= 0.6 is 11.6 Å². The van der Waals surface area contributed by atoms with E-state index in [4.69, 9.17) is 11.6 Å². The van der Waals surface area contributed by atoms with Crippen molar-refractivity contribution >= 4 is 17.5 Å². The molecular formula is C19H21ClN2O. The second kappa shape index (κ2) is 7.14. The molecule has 0 radical (unpaired) electrons. The molecule has 0 aliphatic heterocycles. The molecule has 4 heteroatoms. The highest BCUT2D eigenvalue weighted by molar-refractivity contribution is 6.32. The van der Waals surface area contributed by atoms with E-state index in [0.717, 1.165) is 12.8 Å². The Bertz CT molecular complexity index is 714. The SMILES string of the molecule is CCC(NC(=O)c1cccnc1Cl)c1ccc2c(c1)CCCC2. The summed E-state index contributed by atoms with van der Waals surface area (Å²) in [4.78, 5) is 16.4. The number of hydrogen-bond acceptors (Lipinski definition) is 2. The first kappa shape index (κ1) is 16.0. The highest BCUT2D eigenvalue weighted by Crippen LogP contribution is 2.26. The number of carbonyl (C=O) groups excluding carboxylic acids is 1. The summed E-state index contributed by atoms with van der Waals surface area (Å²) in [6.07, 6.45) is 7.26. The Kier molecular flexibility index (Phi) is 4.97. The Balaban J connectivity index is 1.80. The van der Waals surface area contributed by atoms with Crippen LogP contribution in [0.5, 0.6) is 0 Å². The summed E-state index contributed by atoms with van der Waals surface area (Å²) in [5.74, 6) is -0.173. The summed E-state index contributed by atoms with van der Waals surface area (Å²) in [7, 11) is 0. The minimum Gasteiger partial charge on any atom is -0.345 e. The molecule has 2 aromatic rings. The van der Waals surface area contributed by atoms with Gasteiger partial charge >= 0.3 is 0 Å². The molecule has 23 heavy (non-hydrogen) atoms. The molecule has 0 fully saturated rings. The first-order valence-corrected chi connectivity index (χ1v) is 8.60. The predicted molar refractivity (Wildman–Crippen MR) is 92.8 cm³/mol. The Morgan fingerprint density at radius 1 is 1.26 bits per heavy atom. The van der Waals surface area contributed by atoms with Gasteiger partial charge < -0.3 is 5.32 Å². The maximum Gasteiger partial charge on any atom is 0.254 e. The van der Waals surface area contributed by atoms with Gasteiger partial charge in [-0.25, -0.2) is 4.98 Å². The van der Waals surface area contributed by atoms with Crippen molar-refractivity contribution in [1.29, 1.82) is 0 Å². The minimum atomic E-state index is -0.173. The molecule has 0 saturated carbocycles. The van der Waals surface area contributed by atoms with Crippen LogP contribution in [0.15, 0.2) is 36.5 Å². The van der Waals surface area contributed by atoms with Gasteiger partial charge in [-0.2, -0.15) is 0 Å². The van der Waals surface area contributed by atoms with Crippen LogP contribution in [-0.2, 0) is 12.8 Å². The number of halogens is 1. The van der Waals surface area contributed by atoms with Crippen molar-refractivity contribution in [2.45, 2.75) is 45.1 Å². The molecule has 1 N–H and O–H groups in total. The van der Waals surface area contributed by atoms with Crippen LogP contribution < -0.4 is 5.32 Å². The zero-order valence-corrected chi connectivity index (χ0v) is 14.1. The fourth-order valence-corrected chi connectivity index (χ4v) is 3.39. The van der Waals surface area contributed by atoms with Crippen LogP contribution in [0.3, 0.4) is 0 Å². The number of aryl methyl sites for hydroxylation is 2. The largest absolute Gasteiger partial charge is 0.345 e. The van der Waals surface area contributed by atoms with Crippen LogP contribution in [-0.4, -0.2) is 10.9 Å². The van der Waals surface area contributed by atoms with E-state index in [0.29, 0.717) is 5.56 Å². The Hall–Kier alpha value is -1.87. The summed E-state index contributed by atoms with van der Waals surface area (Å²) < 4.78 is 0. The van der Waals surface area contributed by atoms with Crippen molar-refractivity contribution in [1.82, 2.24) is 10.3 Å². The zero-order valence-electron chi connectivity index (χ0n) is 13.3. The Morgan fingerprint density at radius 2 is 2.04 bits per heavy atom. The number of amides is 1. The number of hydrogen-bond donors (Lipinski definition) is 1. The molecule has 120 valence electrons. The molecule has 0 spiro atoms. The third kappa shape index (κ3) is 3.56. The number of aromatic nitrogens is 1. The van der Waals surface area contributed by atoms with Gasteiger partial charge in [0.05, 0.1) is 11.6 Å². The summed E-state index contributed by atoms with van der Waals surface area (Å²) >= 11 is 6.01. The van der Waals surface area contributed by atoms with Gasteiger partial charge in [0.2, 0.25) is 0 Å². The molecule has 1 aliphatic rings. The summed E-state index contributed by atoms with van der Waals surface area (Å²) in [6, 6.07) is 10.0. The van der Waals surface area contributed by atoms with Gasteiger partial charge in [0.1, 0.15) is 5.15 Å². The van der Waals surface area contributed by atoms with E-state index in [9.17, 15) is 4.79 Å². The van der Waals surface area contributed by atoms with Crippen LogP contribution in [0, 0.1) is 0 Å². The van der Waals surface area contributed by atoms with Crippen molar-refractivity contribution < 1.29 is 4.79 Å². The number of carbonyl (C=O) groups is 1. The predicted octanol–water partition coefficient (Wildman–Crippen LogP) is 4.49. The fourth-order valence-electron chi connectivity index (χ4n) is 3.18. The topological polar surface area (TPSA) is 42.0 Å². The van der Waals surface area contributed by atoms with Gasteiger partial charge in [0.25, 0.3) is 5.91 Å². The second-order valence-corrected chi connectivity index (χ2v) is 6.37. The third-order valence-corrected chi connectivity index (χ3v) is 4.79. The molecule has 1 heterocycles. The van der Waals surface area contributed by atoms with Gasteiger partial charge in [-0.1, -0.05) is 36.7 Å². The highest BCUT2D eigenvalue weighted by Gasteiger charge is 2.18. The van der Waals surface area contributed by atoms with Gasteiger partial charge in [-0.15, -0.1) is 0 Å². The molecular weight excluding hydrogens is 308 g/mol. The first-order valence-electron chi connectivity index (χ1n) is 8.22. The number of rotatable bonds is 4. The number of fused-ring (bicyclic) bond motifs is 1. The zero-order chi connectivity index (χ0) is 16.2. The van der Waals surface area contributed by atoms with Gasteiger partial charge in [0.15, 0.2) is 0 Å². The minimum absolute atomic E-state index is 0.00833. The van der Waals surface area contributed by atoms with E-state index < -0.39 is 0 Å². The molecule has 1 aromatic heterocycles. The van der Waals surface area contributed by atoms with E-state index in [1.54, 1.807) is 18.3 Å². The first-order chi connectivity index (χ1) is 11.2. The van der Waals surface area contributed by atoms with E-state index in [2.05, 4.69) is 35.4 Å². The summed E-state index contributed by atoms with van der Waals surface area (Å²) in [5.41, 5.74) is 4.48. The Morgan fingerprint density at radius 3 is 2.78 bits per heavy atom. The summed E-state index contributed by atoms with van der Waals surface area (Å²) in [5, 5.41) is 3.32. The smallest absolute Gasteiger partial charge is 0.254 e. The van der Waals surface area contributed by atoms with Crippen molar-refractivity contribution in [2.75, 3.05) is 0 Å². The molecule has 1 unspecified atom stereocenters. The molecule has 0 saturated heterocycles. The van der Waals surface area contributed by atoms with Crippen LogP contribution in [0.2, 0.25) is 5.15 Å². The average Bonchev–Trinajstić information content (AvgIpc) is 2.59. The number of nitrogens with zero attached hydrogens (tertiary/aromatic N) is 1. The van der Waals surface area contributed by atoms with Crippen molar-refractivity contribution in [3.8, 4) is 0 Å². The van der Waals surface area contributed by atoms with Gasteiger partial charge in [-0.05, 0) is 60.9 Å². The van der Waals surface area contributed by atoms with Crippen molar-refractivity contribution in [3.63, 3.8) is 0 Å². The maximum atomic E-state index is 12.5. The van der Waals surface area contributed by atoms with Crippen LogP contribution in [0.1, 0.15) is 59.3 Å². The lowest BCUT2D eigenvalue weighted by molar-refractivity contribution is 0.0935. The Labute approximate surface area is 142 Å². The van der Waals surface area contributed by atoms with E-state index in [1.165, 1.54) is 36.0 Å². The standard InChI is InChI=1S/C19H21ClN2O/c1-2-17(22-19(23)16-8-5-11-21-18(16)20)15-10-9-13-6-3-4-7-14(13)12-15/h5,8-12,17H,2-4,6-7H2,1H3,(H,22,23). The molecule has 3 nitrogen and oxygen atoms in total. The van der Waals surface area contributed by atoms with Crippen LogP contribution in [0.4, 0.5) is 0 Å². The monoisotopic (exact) mass is 328 g/mol. The quantitative estimate of drug-likeness (QED) is 0.840. The molecule has 1 aliphatic carbocycles. The lowest BCUT2D eigenvalue weighted by Gasteiger charge is -2.22. The average molecular weight is 329 g/mol. The molecule has 1 aromatic carbocycles. The number of benzene rings is 1. The second-order valence-electron chi connectivity index (χ2n) is 6.01. The number of nitrogens with one attached hydrogen (secondary N) is 1. The fraction of sp³-hybridized carbons (Fsp3) is 0.368. The van der Waals surface area contributed by atoms with Gasteiger partial charge in [-0.3, -0.25) is 4.79 Å². The molecule has 0 bridgehead atoms. The molecule has 1 amide bonds. The third-order valence-electron chi connectivity index (χ3n) is 4.49.